The number of aliphatic carboxylic acids is 1. The maximum atomic E-state index is 10.6. The van der Waals surface area contributed by atoms with E-state index in [9.17, 15) is 14.9 Å². The van der Waals surface area contributed by atoms with Crippen molar-refractivity contribution in [3.63, 3.8) is 0 Å². The number of benzene rings is 2. The van der Waals surface area contributed by atoms with Gasteiger partial charge in [0.25, 0.3) is 5.69 Å². The highest BCUT2D eigenvalue weighted by Gasteiger charge is 2.05. The van der Waals surface area contributed by atoms with Gasteiger partial charge in [-0.25, -0.2) is 0 Å². The van der Waals surface area contributed by atoms with Crippen molar-refractivity contribution in [2.24, 2.45) is 0 Å². The molecule has 0 saturated heterocycles. The van der Waals surface area contributed by atoms with Crippen molar-refractivity contribution < 1.29 is 14.8 Å². The number of nitro groups is 1. The minimum atomic E-state index is -0.850. The van der Waals surface area contributed by atoms with E-state index in [-0.39, 0.29) is 12.1 Å². The predicted molar refractivity (Wildman–Crippen MR) is 104 cm³/mol. The number of carboxylic acid groups (broad SMARTS) is 1. The molecule has 0 aromatic heterocycles. The summed E-state index contributed by atoms with van der Waals surface area (Å²) in [6.45, 7) is 0. The van der Waals surface area contributed by atoms with Crippen LogP contribution in [0.1, 0.15) is 6.42 Å². The number of non-ortho nitro benzene ring substituents is 1. The van der Waals surface area contributed by atoms with E-state index in [2.05, 4.69) is 10.6 Å². The van der Waals surface area contributed by atoms with Gasteiger partial charge in [-0.3, -0.25) is 14.9 Å². The molecule has 0 heterocycles. The molecule has 0 saturated carbocycles. The molecule has 0 aliphatic heterocycles. The van der Waals surface area contributed by atoms with Gasteiger partial charge in [-0.1, -0.05) is 24.0 Å². The first-order chi connectivity index (χ1) is 11.9. The highest BCUT2D eigenvalue weighted by Crippen LogP contribution is 2.22. The average Bonchev–Trinajstić information content (AvgIpc) is 2.57. The Morgan fingerprint density at radius 3 is 2.12 bits per heavy atom. The maximum Gasteiger partial charge on any atom is 0.304 e. The molecule has 9 heteroatoms. The predicted octanol–water partition coefficient (Wildman–Crippen LogP) is 4.24. The summed E-state index contributed by atoms with van der Waals surface area (Å²) in [7, 11) is 0. The zero-order valence-electron chi connectivity index (χ0n) is 13.0. The smallest absolute Gasteiger partial charge is 0.304 e. The minimum Gasteiger partial charge on any atom is -0.481 e. The molecule has 0 spiro atoms. The molecule has 0 aliphatic carbocycles. The van der Waals surface area contributed by atoms with E-state index in [4.69, 9.17) is 17.3 Å². The Balaban J connectivity index is 1.87. The van der Waals surface area contributed by atoms with E-state index in [0.717, 1.165) is 17.1 Å². The Morgan fingerprint density at radius 2 is 1.60 bits per heavy atom. The van der Waals surface area contributed by atoms with Gasteiger partial charge in [0.05, 0.1) is 11.3 Å². The van der Waals surface area contributed by atoms with Gasteiger partial charge in [-0.2, -0.15) is 0 Å². The molecule has 2 aromatic rings. The summed E-state index contributed by atoms with van der Waals surface area (Å²) in [4.78, 5) is 20.7. The van der Waals surface area contributed by atoms with Gasteiger partial charge in [-0.15, -0.1) is 0 Å². The van der Waals surface area contributed by atoms with E-state index >= 15 is 0 Å². The molecule has 0 radical (unpaired) electrons. The minimum absolute atomic E-state index is 0.0407. The number of hydrogen-bond acceptors (Lipinski definition) is 6. The molecule has 0 amide bonds. The molecule has 2 rings (SSSR count). The number of anilines is 3. The van der Waals surface area contributed by atoms with Crippen LogP contribution in [0, 0.1) is 10.1 Å². The molecule has 0 atom stereocenters. The lowest BCUT2D eigenvalue weighted by Crippen LogP contribution is -2.06. The zero-order chi connectivity index (χ0) is 18.2. The van der Waals surface area contributed by atoms with Crippen molar-refractivity contribution >= 4 is 57.0 Å². The standard InChI is InChI=1S/C16H15N3O4S2/c20-15(21)9-10-25-16(24)18-13-3-1-11(2-4-13)17-12-5-7-14(8-6-12)19(22)23/h1-8,17H,9-10H2,(H,18,24)(H,20,21). The summed E-state index contributed by atoms with van der Waals surface area (Å²) in [5, 5.41) is 25.4. The van der Waals surface area contributed by atoms with Crippen LogP contribution in [0.2, 0.25) is 0 Å². The van der Waals surface area contributed by atoms with Crippen LogP contribution >= 0.6 is 24.0 Å². The van der Waals surface area contributed by atoms with Crippen molar-refractivity contribution in [2.45, 2.75) is 6.42 Å². The fraction of sp³-hybridized carbons (Fsp3) is 0.125. The Labute approximate surface area is 153 Å². The van der Waals surface area contributed by atoms with Crippen molar-refractivity contribution in [1.29, 1.82) is 0 Å². The second kappa shape index (κ2) is 9.00. The van der Waals surface area contributed by atoms with Crippen molar-refractivity contribution in [2.75, 3.05) is 16.4 Å². The van der Waals surface area contributed by atoms with Crippen molar-refractivity contribution in [3.05, 3.63) is 58.6 Å². The van der Waals surface area contributed by atoms with Gasteiger partial charge >= 0.3 is 5.97 Å². The Bertz CT molecular complexity index is 764. The molecule has 3 N–H and O–H groups in total. The number of nitrogens with zero attached hydrogens (tertiary/aromatic N) is 1. The summed E-state index contributed by atoms with van der Waals surface area (Å²) in [5.74, 6) is -0.432. The van der Waals surface area contributed by atoms with Gasteiger partial charge in [0, 0.05) is 34.9 Å². The number of nitro benzene ring substituents is 1. The van der Waals surface area contributed by atoms with Crippen molar-refractivity contribution in [1.82, 2.24) is 0 Å². The topological polar surface area (TPSA) is 104 Å². The number of rotatable bonds is 7. The van der Waals surface area contributed by atoms with Crippen LogP contribution in [0.3, 0.4) is 0 Å². The van der Waals surface area contributed by atoms with Gasteiger partial charge in [-0.05, 0) is 36.4 Å². The maximum absolute atomic E-state index is 10.6. The molecule has 0 aliphatic rings. The third-order valence-corrected chi connectivity index (χ3v) is 4.28. The quantitative estimate of drug-likeness (QED) is 0.374. The van der Waals surface area contributed by atoms with Gasteiger partial charge in [0.2, 0.25) is 0 Å². The van der Waals surface area contributed by atoms with Gasteiger partial charge in [0.15, 0.2) is 0 Å². The van der Waals surface area contributed by atoms with E-state index < -0.39 is 10.9 Å². The molecule has 130 valence electrons. The molecule has 0 fully saturated rings. The lowest BCUT2D eigenvalue weighted by molar-refractivity contribution is -0.384. The highest BCUT2D eigenvalue weighted by molar-refractivity contribution is 8.23. The zero-order valence-corrected chi connectivity index (χ0v) is 14.6. The van der Waals surface area contributed by atoms with Crippen LogP contribution in [0.15, 0.2) is 48.5 Å². The highest BCUT2D eigenvalue weighted by atomic mass is 32.2. The summed E-state index contributed by atoms with van der Waals surface area (Å²) in [6.07, 6.45) is 0.0601. The van der Waals surface area contributed by atoms with E-state index in [1.54, 1.807) is 12.1 Å². The fourth-order valence-corrected chi connectivity index (χ4v) is 2.87. The Morgan fingerprint density at radius 1 is 1.08 bits per heavy atom. The Hall–Kier alpha value is -2.65. The van der Waals surface area contributed by atoms with E-state index in [1.807, 2.05) is 24.3 Å². The summed E-state index contributed by atoms with van der Waals surface area (Å²) in [6, 6.07) is 13.5. The van der Waals surface area contributed by atoms with Crippen LogP contribution < -0.4 is 10.6 Å². The largest absolute Gasteiger partial charge is 0.481 e. The summed E-state index contributed by atoms with van der Waals surface area (Å²) >= 11 is 6.43. The SMILES string of the molecule is O=C(O)CCSC(=S)Nc1ccc(Nc2ccc([N+](=O)[O-])cc2)cc1. The fourth-order valence-electron chi connectivity index (χ4n) is 1.86. The Kier molecular flexibility index (Phi) is 6.72. The first-order valence-corrected chi connectivity index (χ1v) is 8.60. The number of hydrogen-bond donors (Lipinski definition) is 3. The van der Waals surface area contributed by atoms with Crippen molar-refractivity contribution in [3.8, 4) is 0 Å². The third kappa shape index (κ3) is 6.40. The van der Waals surface area contributed by atoms with Crippen LogP contribution in [-0.2, 0) is 4.79 Å². The lowest BCUT2D eigenvalue weighted by Gasteiger charge is -2.09. The third-order valence-electron chi connectivity index (χ3n) is 3.05. The average molecular weight is 377 g/mol. The second-order valence-corrected chi connectivity index (χ2v) is 6.68. The number of carbonyl (C=O) groups is 1. The molecule has 0 unspecified atom stereocenters. The van der Waals surface area contributed by atoms with Crippen LogP contribution in [-0.4, -0.2) is 26.1 Å². The number of thioether (sulfide) groups is 1. The molecule has 7 nitrogen and oxygen atoms in total. The monoisotopic (exact) mass is 377 g/mol. The number of thiocarbonyl (C=S) groups is 1. The van der Waals surface area contributed by atoms with Gasteiger partial charge < -0.3 is 15.7 Å². The molecule has 25 heavy (non-hydrogen) atoms. The van der Waals surface area contributed by atoms with E-state index in [0.29, 0.717) is 10.1 Å². The first-order valence-electron chi connectivity index (χ1n) is 7.21. The normalized spacial score (nSPS) is 10.1. The lowest BCUT2D eigenvalue weighted by atomic mass is 10.2. The number of nitrogens with one attached hydrogen (secondary N) is 2. The first kappa shape index (κ1) is 18.7. The number of carboxylic acids is 1. The second-order valence-electron chi connectivity index (χ2n) is 4.91. The van der Waals surface area contributed by atoms with Crippen LogP contribution in [0.25, 0.3) is 0 Å². The summed E-state index contributed by atoms with van der Waals surface area (Å²) in [5.41, 5.74) is 2.40. The van der Waals surface area contributed by atoms with Crippen LogP contribution in [0.5, 0.6) is 0 Å². The van der Waals surface area contributed by atoms with E-state index in [1.165, 1.54) is 23.9 Å². The van der Waals surface area contributed by atoms with Crippen LogP contribution in [0.4, 0.5) is 22.7 Å². The molecule has 0 bridgehead atoms. The molecular weight excluding hydrogens is 362 g/mol. The summed E-state index contributed by atoms with van der Waals surface area (Å²) < 4.78 is 0.511. The molecular formula is C16H15N3O4S2. The molecule has 2 aromatic carbocycles. The van der Waals surface area contributed by atoms with Gasteiger partial charge in [0.1, 0.15) is 4.32 Å².